The lowest BCUT2D eigenvalue weighted by Gasteiger charge is -2.15. The van der Waals surface area contributed by atoms with Crippen LogP contribution in [0.1, 0.15) is 32.6 Å². The van der Waals surface area contributed by atoms with Crippen molar-refractivity contribution < 1.29 is 18.3 Å². The maximum atomic E-state index is 12.8. The summed E-state index contributed by atoms with van der Waals surface area (Å²) in [7, 11) is 0. The van der Waals surface area contributed by atoms with Crippen LogP contribution in [-0.4, -0.2) is 30.6 Å². The van der Waals surface area contributed by atoms with Crippen LogP contribution >= 0.6 is 0 Å². The van der Waals surface area contributed by atoms with E-state index in [0.29, 0.717) is 12.6 Å². The van der Waals surface area contributed by atoms with E-state index in [9.17, 15) is 13.6 Å². The van der Waals surface area contributed by atoms with E-state index < -0.39 is 24.4 Å². The lowest BCUT2D eigenvalue weighted by atomic mass is 10.1. The van der Waals surface area contributed by atoms with Crippen LogP contribution in [0.5, 0.6) is 0 Å². The molecule has 92 valence electrons. The Labute approximate surface area is 93.5 Å². The monoisotopic (exact) mass is 233 g/mol. The highest BCUT2D eigenvalue weighted by Crippen LogP contribution is 2.34. The molecule has 2 aliphatic rings. The first-order chi connectivity index (χ1) is 7.47. The van der Waals surface area contributed by atoms with E-state index in [1.165, 1.54) is 12.8 Å². The number of ether oxygens (including phenoxy) is 1. The van der Waals surface area contributed by atoms with Gasteiger partial charge in [0.2, 0.25) is 0 Å². The molecule has 1 aliphatic carbocycles. The maximum absolute atomic E-state index is 12.8. The molecule has 3 nitrogen and oxygen atoms in total. The van der Waals surface area contributed by atoms with Crippen molar-refractivity contribution in [3.8, 4) is 0 Å². The molecular weight excluding hydrogens is 216 g/mol. The lowest BCUT2D eigenvalue weighted by Crippen LogP contribution is -2.34. The van der Waals surface area contributed by atoms with Crippen molar-refractivity contribution in [2.24, 2.45) is 5.92 Å². The third kappa shape index (κ3) is 2.90. The molecule has 0 aromatic heterocycles. The Balaban J connectivity index is 1.68. The molecular formula is C11H17F2NO2. The van der Waals surface area contributed by atoms with Gasteiger partial charge in [-0.1, -0.05) is 12.8 Å². The van der Waals surface area contributed by atoms with Crippen molar-refractivity contribution in [1.82, 2.24) is 5.32 Å². The van der Waals surface area contributed by atoms with Gasteiger partial charge in [-0.15, -0.1) is 0 Å². The van der Waals surface area contributed by atoms with Crippen molar-refractivity contribution in [3.05, 3.63) is 0 Å². The van der Waals surface area contributed by atoms with E-state index in [1.807, 2.05) is 6.92 Å². The molecule has 0 spiro atoms. The topological polar surface area (TPSA) is 38.3 Å². The minimum absolute atomic E-state index is 0.306. The van der Waals surface area contributed by atoms with Gasteiger partial charge in [0.1, 0.15) is 6.10 Å². The first-order valence-corrected chi connectivity index (χ1v) is 5.79. The molecule has 16 heavy (non-hydrogen) atoms. The number of halogens is 2. The third-order valence-electron chi connectivity index (χ3n) is 3.13. The lowest BCUT2D eigenvalue weighted by molar-refractivity contribution is -0.159. The summed E-state index contributed by atoms with van der Waals surface area (Å²) in [6.07, 6.45) is 2.47. The van der Waals surface area contributed by atoms with E-state index in [0.717, 1.165) is 12.3 Å². The van der Waals surface area contributed by atoms with Crippen LogP contribution in [0.15, 0.2) is 0 Å². The Morgan fingerprint density at radius 1 is 1.56 bits per heavy atom. The minimum Gasteiger partial charge on any atom is -0.456 e. The van der Waals surface area contributed by atoms with Gasteiger partial charge in [-0.25, -0.2) is 4.79 Å². The number of hydrogen-bond donors (Lipinski definition) is 1. The summed E-state index contributed by atoms with van der Waals surface area (Å²) >= 11 is 0. The summed E-state index contributed by atoms with van der Waals surface area (Å²) in [5, 5.41) is 3.14. The van der Waals surface area contributed by atoms with Gasteiger partial charge < -0.3 is 10.1 Å². The summed E-state index contributed by atoms with van der Waals surface area (Å²) in [5.41, 5.74) is 0. The average Bonchev–Trinajstić information content (AvgIpc) is 2.93. The van der Waals surface area contributed by atoms with Gasteiger partial charge in [0, 0.05) is 12.6 Å². The first-order valence-electron chi connectivity index (χ1n) is 5.79. The van der Waals surface area contributed by atoms with Crippen molar-refractivity contribution in [3.63, 3.8) is 0 Å². The summed E-state index contributed by atoms with van der Waals surface area (Å²) in [6, 6.07) is 0.306. The van der Waals surface area contributed by atoms with Crippen molar-refractivity contribution in [2.75, 3.05) is 6.54 Å². The second kappa shape index (κ2) is 4.28. The molecule has 2 unspecified atom stereocenters. The molecule has 0 aromatic carbocycles. The predicted molar refractivity (Wildman–Crippen MR) is 54.2 cm³/mol. The molecule has 1 aliphatic heterocycles. The second-order valence-corrected chi connectivity index (χ2v) is 4.92. The Kier molecular flexibility index (Phi) is 3.15. The zero-order valence-electron chi connectivity index (χ0n) is 9.34. The highest BCUT2D eigenvalue weighted by molar-refractivity contribution is 5.79. The average molecular weight is 233 g/mol. The fourth-order valence-electron chi connectivity index (χ4n) is 2.03. The molecule has 0 radical (unpaired) electrons. The van der Waals surface area contributed by atoms with Gasteiger partial charge in [-0.2, -0.15) is 8.78 Å². The van der Waals surface area contributed by atoms with Gasteiger partial charge in [-0.3, -0.25) is 0 Å². The molecule has 0 amide bonds. The Morgan fingerprint density at radius 2 is 2.25 bits per heavy atom. The van der Waals surface area contributed by atoms with E-state index >= 15 is 0 Å². The van der Waals surface area contributed by atoms with Crippen LogP contribution in [-0.2, 0) is 9.53 Å². The minimum atomic E-state index is -3.29. The molecule has 2 atom stereocenters. The summed E-state index contributed by atoms with van der Waals surface area (Å²) in [6.45, 7) is 2.36. The van der Waals surface area contributed by atoms with E-state index in [2.05, 4.69) is 10.1 Å². The molecule has 1 saturated carbocycles. The highest BCUT2D eigenvalue weighted by atomic mass is 19.3. The number of nitrogens with one attached hydrogen (secondary N) is 1. The van der Waals surface area contributed by atoms with Crippen LogP contribution in [0.25, 0.3) is 0 Å². The number of esters is 1. The van der Waals surface area contributed by atoms with Crippen LogP contribution in [0.4, 0.5) is 8.78 Å². The highest BCUT2D eigenvalue weighted by Gasteiger charge is 2.50. The molecule has 1 N–H and O–H groups in total. The van der Waals surface area contributed by atoms with Crippen LogP contribution in [0, 0.1) is 5.92 Å². The maximum Gasteiger partial charge on any atom is 0.377 e. The molecule has 2 rings (SSSR count). The van der Waals surface area contributed by atoms with Gasteiger partial charge >= 0.3 is 11.9 Å². The Hall–Kier alpha value is -0.710. The number of carbonyl (C=O) groups excluding carboxylic acids is 1. The first kappa shape index (κ1) is 11.8. The fraction of sp³-hybridized carbons (Fsp3) is 0.909. The van der Waals surface area contributed by atoms with Crippen molar-refractivity contribution in [1.29, 1.82) is 0 Å². The summed E-state index contributed by atoms with van der Waals surface area (Å²) in [4.78, 5) is 10.7. The van der Waals surface area contributed by atoms with Crippen LogP contribution < -0.4 is 5.32 Å². The SMILES string of the molecule is CC(CC1CC1)NCC1CC(F)(F)C(=O)O1. The summed E-state index contributed by atoms with van der Waals surface area (Å²) < 4.78 is 30.3. The van der Waals surface area contributed by atoms with Crippen LogP contribution in [0.3, 0.4) is 0 Å². The quantitative estimate of drug-likeness (QED) is 0.735. The normalized spacial score (nSPS) is 30.2. The van der Waals surface area contributed by atoms with E-state index in [-0.39, 0.29) is 0 Å². The molecule has 0 aromatic rings. The van der Waals surface area contributed by atoms with Crippen molar-refractivity contribution in [2.45, 2.75) is 50.7 Å². The Morgan fingerprint density at radius 3 is 2.75 bits per heavy atom. The molecule has 1 heterocycles. The van der Waals surface area contributed by atoms with Gasteiger partial charge in [0.25, 0.3) is 0 Å². The molecule has 2 fully saturated rings. The number of hydrogen-bond acceptors (Lipinski definition) is 3. The number of cyclic esters (lactones) is 1. The predicted octanol–water partition coefficient (Wildman–Crippen LogP) is 1.72. The van der Waals surface area contributed by atoms with Crippen molar-refractivity contribution >= 4 is 5.97 Å². The number of carbonyl (C=O) groups is 1. The smallest absolute Gasteiger partial charge is 0.377 e. The van der Waals surface area contributed by atoms with E-state index in [4.69, 9.17) is 0 Å². The third-order valence-corrected chi connectivity index (χ3v) is 3.13. The van der Waals surface area contributed by atoms with Gasteiger partial charge in [0.05, 0.1) is 6.42 Å². The molecule has 5 heteroatoms. The summed E-state index contributed by atoms with van der Waals surface area (Å²) in [5.74, 6) is -3.87. The largest absolute Gasteiger partial charge is 0.456 e. The second-order valence-electron chi connectivity index (χ2n) is 4.92. The van der Waals surface area contributed by atoms with Gasteiger partial charge in [0.15, 0.2) is 0 Å². The van der Waals surface area contributed by atoms with E-state index in [1.54, 1.807) is 0 Å². The standard InChI is InChI=1S/C11H17F2NO2/c1-7(4-8-2-3-8)14-6-9-5-11(12,13)10(15)16-9/h7-9,14H,2-6H2,1H3. The molecule has 1 saturated heterocycles. The molecule has 0 bridgehead atoms. The zero-order valence-corrected chi connectivity index (χ0v) is 9.34. The van der Waals surface area contributed by atoms with Crippen LogP contribution in [0.2, 0.25) is 0 Å². The fourth-order valence-corrected chi connectivity index (χ4v) is 2.03. The number of rotatable bonds is 5. The Bertz CT molecular complexity index is 279. The zero-order chi connectivity index (χ0) is 11.8. The van der Waals surface area contributed by atoms with Gasteiger partial charge in [-0.05, 0) is 19.3 Å². The number of alkyl halides is 2.